The minimum absolute atomic E-state index is 0.195. The maximum Gasteiger partial charge on any atom is 0.377 e. The zero-order valence-electron chi connectivity index (χ0n) is 15.0. The van der Waals surface area contributed by atoms with Crippen molar-refractivity contribution in [1.29, 1.82) is 0 Å². The summed E-state index contributed by atoms with van der Waals surface area (Å²) in [5.41, 5.74) is 0. The lowest BCUT2D eigenvalue weighted by molar-refractivity contribution is -0.215. The van der Waals surface area contributed by atoms with Crippen molar-refractivity contribution in [1.82, 2.24) is 0 Å². The number of halogens is 2. The molecule has 2 heterocycles. The summed E-state index contributed by atoms with van der Waals surface area (Å²) in [5, 5.41) is 0. The largest absolute Gasteiger partial charge is 0.452 e. The third-order valence-electron chi connectivity index (χ3n) is 5.82. The van der Waals surface area contributed by atoms with Crippen molar-refractivity contribution < 1.29 is 37.3 Å². The van der Waals surface area contributed by atoms with Crippen LogP contribution in [0.2, 0.25) is 0 Å². The Morgan fingerprint density at radius 2 is 1.38 bits per heavy atom. The molecule has 2 unspecified atom stereocenters. The summed E-state index contributed by atoms with van der Waals surface area (Å²) in [6, 6.07) is 0. The highest BCUT2D eigenvalue weighted by Crippen LogP contribution is 2.44. The first-order chi connectivity index (χ1) is 12.3. The smallest absolute Gasteiger partial charge is 0.377 e. The molecule has 0 amide bonds. The number of carbonyl (C=O) groups excluding carboxylic acids is 1. The van der Waals surface area contributed by atoms with Gasteiger partial charge in [-0.25, -0.2) is 4.79 Å². The molecule has 8 heteroatoms. The second-order valence-electron chi connectivity index (χ2n) is 7.93. The van der Waals surface area contributed by atoms with Gasteiger partial charge in [-0.15, -0.1) is 0 Å². The Labute approximate surface area is 151 Å². The molecule has 0 aromatic carbocycles. The van der Waals surface area contributed by atoms with Crippen molar-refractivity contribution in [2.75, 3.05) is 13.2 Å². The summed E-state index contributed by atoms with van der Waals surface area (Å²) >= 11 is 0. The van der Waals surface area contributed by atoms with Crippen LogP contribution in [0.1, 0.15) is 58.3 Å². The fraction of sp³-hybridized carbons (Fsp3) is 0.944. The molecule has 2 atom stereocenters. The van der Waals surface area contributed by atoms with Crippen LogP contribution in [0, 0.1) is 0 Å². The molecule has 2 saturated heterocycles. The Balaban J connectivity index is 1.49. The average Bonchev–Trinajstić information content (AvgIpc) is 3.37. The van der Waals surface area contributed by atoms with Gasteiger partial charge in [0.1, 0.15) is 12.2 Å². The number of rotatable bonds is 4. The molecule has 148 valence electrons. The molecule has 0 N–H and O–H groups in total. The predicted octanol–water partition coefficient (Wildman–Crippen LogP) is 2.92. The van der Waals surface area contributed by atoms with Crippen molar-refractivity contribution in [2.24, 2.45) is 0 Å². The lowest BCUT2D eigenvalue weighted by atomic mass is 10.1. The Hall–Kier alpha value is -0.830. The van der Waals surface area contributed by atoms with E-state index in [0.29, 0.717) is 6.92 Å². The van der Waals surface area contributed by atoms with Crippen molar-refractivity contribution in [3.63, 3.8) is 0 Å². The van der Waals surface area contributed by atoms with Crippen LogP contribution in [0.25, 0.3) is 0 Å². The van der Waals surface area contributed by atoms with Gasteiger partial charge in [0.05, 0.1) is 13.2 Å². The molecule has 26 heavy (non-hydrogen) atoms. The van der Waals surface area contributed by atoms with E-state index in [9.17, 15) is 13.6 Å². The molecule has 0 aromatic rings. The maximum atomic E-state index is 13.4. The quantitative estimate of drug-likeness (QED) is 0.703. The van der Waals surface area contributed by atoms with Crippen LogP contribution in [0.15, 0.2) is 0 Å². The van der Waals surface area contributed by atoms with Gasteiger partial charge in [0.2, 0.25) is 0 Å². The molecule has 0 bridgehead atoms. The zero-order chi connectivity index (χ0) is 18.4. The van der Waals surface area contributed by atoms with Crippen molar-refractivity contribution in [3.05, 3.63) is 0 Å². The van der Waals surface area contributed by atoms with Crippen LogP contribution < -0.4 is 0 Å². The van der Waals surface area contributed by atoms with E-state index in [2.05, 4.69) is 0 Å². The molecule has 4 fully saturated rings. The van der Waals surface area contributed by atoms with Crippen LogP contribution in [0.3, 0.4) is 0 Å². The molecule has 4 aliphatic rings. The van der Waals surface area contributed by atoms with E-state index in [1.165, 1.54) is 0 Å². The SMILES string of the molecule is CC(F)(F)C(=O)OC(C1COC2(CCCC2)O1)C1COC2(CCCC2)O1. The molecule has 0 aromatic heterocycles. The van der Waals surface area contributed by atoms with E-state index in [0.717, 1.165) is 51.4 Å². The van der Waals surface area contributed by atoms with Gasteiger partial charge in [-0.2, -0.15) is 8.78 Å². The highest BCUT2D eigenvalue weighted by Gasteiger charge is 2.54. The molecule has 4 rings (SSSR count). The molecule has 2 saturated carbocycles. The summed E-state index contributed by atoms with van der Waals surface area (Å²) in [7, 11) is 0. The molecular weight excluding hydrogens is 350 g/mol. The van der Waals surface area contributed by atoms with Gasteiger partial charge < -0.3 is 23.7 Å². The van der Waals surface area contributed by atoms with Crippen LogP contribution in [0.5, 0.6) is 0 Å². The van der Waals surface area contributed by atoms with Gasteiger partial charge in [0.15, 0.2) is 17.7 Å². The topological polar surface area (TPSA) is 63.2 Å². The normalized spacial score (nSPS) is 34.0. The minimum Gasteiger partial charge on any atom is -0.452 e. The van der Waals surface area contributed by atoms with Gasteiger partial charge in [0, 0.05) is 32.6 Å². The number of alkyl halides is 2. The lowest BCUT2D eigenvalue weighted by Gasteiger charge is -2.30. The summed E-state index contributed by atoms with van der Waals surface area (Å²) in [6.45, 7) is 0.918. The van der Waals surface area contributed by atoms with Crippen LogP contribution >= 0.6 is 0 Å². The van der Waals surface area contributed by atoms with E-state index < -0.39 is 41.8 Å². The highest BCUT2D eigenvalue weighted by molar-refractivity contribution is 5.77. The molecule has 2 aliphatic heterocycles. The molecular formula is C18H26F2O6. The summed E-state index contributed by atoms with van der Waals surface area (Å²) in [6.07, 6.45) is 4.79. The fourth-order valence-corrected chi connectivity index (χ4v) is 4.45. The van der Waals surface area contributed by atoms with Crippen LogP contribution in [0.4, 0.5) is 8.78 Å². The molecule has 0 radical (unpaired) electrons. The number of hydrogen-bond acceptors (Lipinski definition) is 6. The molecule has 2 spiro atoms. The number of carbonyl (C=O) groups is 1. The summed E-state index contributed by atoms with van der Waals surface area (Å²) in [5.74, 6) is -6.49. The van der Waals surface area contributed by atoms with Crippen molar-refractivity contribution >= 4 is 5.97 Å². The monoisotopic (exact) mass is 376 g/mol. The van der Waals surface area contributed by atoms with Crippen LogP contribution in [-0.4, -0.2) is 55.0 Å². The van der Waals surface area contributed by atoms with Crippen LogP contribution in [-0.2, 0) is 28.5 Å². The van der Waals surface area contributed by atoms with E-state index in [1.54, 1.807) is 0 Å². The second-order valence-corrected chi connectivity index (χ2v) is 7.93. The first-order valence-electron chi connectivity index (χ1n) is 9.53. The number of esters is 1. The Kier molecular flexibility index (Phi) is 4.74. The first-order valence-corrected chi connectivity index (χ1v) is 9.53. The number of ether oxygens (including phenoxy) is 5. The number of hydrogen-bond donors (Lipinski definition) is 0. The third-order valence-corrected chi connectivity index (χ3v) is 5.82. The van der Waals surface area contributed by atoms with Crippen molar-refractivity contribution in [2.45, 2.75) is 94.1 Å². The summed E-state index contributed by atoms with van der Waals surface area (Å²) in [4.78, 5) is 11.8. The summed E-state index contributed by atoms with van der Waals surface area (Å²) < 4.78 is 55.9. The molecule has 2 aliphatic carbocycles. The van der Waals surface area contributed by atoms with Crippen molar-refractivity contribution in [3.8, 4) is 0 Å². The Bertz CT molecular complexity index is 502. The Morgan fingerprint density at radius 3 is 1.77 bits per heavy atom. The Morgan fingerprint density at radius 1 is 0.962 bits per heavy atom. The lowest BCUT2D eigenvalue weighted by Crippen LogP contribution is -2.47. The van der Waals surface area contributed by atoms with Gasteiger partial charge in [-0.1, -0.05) is 0 Å². The van der Waals surface area contributed by atoms with Gasteiger partial charge in [0.25, 0.3) is 0 Å². The average molecular weight is 376 g/mol. The van der Waals surface area contributed by atoms with E-state index in [-0.39, 0.29) is 13.2 Å². The third kappa shape index (κ3) is 3.48. The minimum atomic E-state index is -3.58. The van der Waals surface area contributed by atoms with Gasteiger partial charge in [-0.05, 0) is 25.7 Å². The zero-order valence-corrected chi connectivity index (χ0v) is 15.0. The van der Waals surface area contributed by atoms with Gasteiger partial charge in [-0.3, -0.25) is 0 Å². The standard InChI is InChI=1S/C18H26F2O6/c1-16(19,20)15(21)24-14(12-10-22-17(25-12)6-2-3-7-17)13-11-23-18(26-13)8-4-5-9-18/h12-14H,2-11H2,1H3. The van der Waals surface area contributed by atoms with Gasteiger partial charge >= 0.3 is 11.9 Å². The predicted molar refractivity (Wildman–Crippen MR) is 84.5 cm³/mol. The fourth-order valence-electron chi connectivity index (χ4n) is 4.45. The highest BCUT2D eigenvalue weighted by atomic mass is 19.3. The maximum absolute atomic E-state index is 13.4. The van der Waals surface area contributed by atoms with E-state index in [4.69, 9.17) is 23.7 Å². The van der Waals surface area contributed by atoms with E-state index >= 15 is 0 Å². The first kappa shape index (κ1) is 18.5. The van der Waals surface area contributed by atoms with E-state index in [1.807, 2.05) is 0 Å². The second kappa shape index (κ2) is 6.65. The molecule has 6 nitrogen and oxygen atoms in total.